The molecule has 0 saturated heterocycles. The summed E-state index contributed by atoms with van der Waals surface area (Å²) in [7, 11) is 1.77. The first-order valence-corrected chi connectivity index (χ1v) is 5.36. The van der Waals surface area contributed by atoms with Gasteiger partial charge in [-0.2, -0.15) is 5.10 Å². The highest BCUT2D eigenvalue weighted by molar-refractivity contribution is 6.34. The average Bonchev–Trinajstić information content (AvgIpc) is 2.63. The van der Waals surface area contributed by atoms with E-state index in [1.807, 2.05) is 6.92 Å². The minimum absolute atomic E-state index is 0.296. The molecule has 0 aromatic carbocycles. The van der Waals surface area contributed by atoms with Crippen molar-refractivity contribution in [3.05, 3.63) is 40.9 Å². The number of rotatable bonds is 2. The van der Waals surface area contributed by atoms with Gasteiger partial charge in [-0.25, -0.2) is 0 Å². The Morgan fingerprint density at radius 3 is 2.82 bits per heavy atom. The van der Waals surface area contributed by atoms with Crippen LogP contribution in [0.4, 0.5) is 5.69 Å². The second kappa shape index (κ2) is 4.55. The highest BCUT2D eigenvalue weighted by Gasteiger charge is 2.11. The largest absolute Gasteiger partial charge is 0.319 e. The van der Waals surface area contributed by atoms with Crippen LogP contribution >= 0.6 is 11.6 Å². The minimum Gasteiger partial charge on any atom is -0.319 e. The predicted octanol–water partition coefficient (Wildman–Crippen LogP) is 2.03. The van der Waals surface area contributed by atoms with Crippen molar-refractivity contribution >= 4 is 23.2 Å². The summed E-state index contributed by atoms with van der Waals surface area (Å²) in [5.41, 5.74) is 1.74. The molecule has 2 aromatic heterocycles. The molecule has 0 radical (unpaired) electrons. The van der Waals surface area contributed by atoms with Crippen molar-refractivity contribution in [3.63, 3.8) is 0 Å². The van der Waals surface area contributed by atoms with Crippen LogP contribution in [0.5, 0.6) is 0 Å². The fourth-order valence-corrected chi connectivity index (χ4v) is 1.67. The van der Waals surface area contributed by atoms with E-state index in [0.29, 0.717) is 16.3 Å². The van der Waals surface area contributed by atoms with Crippen molar-refractivity contribution in [1.29, 1.82) is 0 Å². The summed E-state index contributed by atoms with van der Waals surface area (Å²) in [6.45, 7) is 1.81. The van der Waals surface area contributed by atoms with Crippen LogP contribution in [-0.2, 0) is 7.05 Å². The molecule has 0 bridgehead atoms. The lowest BCUT2D eigenvalue weighted by molar-refractivity contribution is 0.102. The fourth-order valence-electron chi connectivity index (χ4n) is 1.38. The Hall–Kier alpha value is -1.88. The van der Waals surface area contributed by atoms with Gasteiger partial charge in [0.15, 0.2) is 0 Å². The summed E-state index contributed by atoms with van der Waals surface area (Å²) in [4.78, 5) is 15.9. The van der Waals surface area contributed by atoms with Crippen molar-refractivity contribution in [2.75, 3.05) is 5.32 Å². The second-order valence-corrected chi connectivity index (χ2v) is 4.07. The zero-order valence-electron chi connectivity index (χ0n) is 9.44. The molecule has 0 atom stereocenters. The Bertz CT molecular complexity index is 564. The quantitative estimate of drug-likeness (QED) is 0.887. The van der Waals surface area contributed by atoms with E-state index in [1.54, 1.807) is 30.2 Å². The van der Waals surface area contributed by atoms with Gasteiger partial charge in [-0.1, -0.05) is 11.6 Å². The van der Waals surface area contributed by atoms with Crippen LogP contribution < -0.4 is 5.32 Å². The zero-order chi connectivity index (χ0) is 12.4. The maximum atomic E-state index is 11.9. The molecule has 2 aromatic rings. The Kier molecular flexibility index (Phi) is 3.10. The van der Waals surface area contributed by atoms with Gasteiger partial charge in [0.25, 0.3) is 5.91 Å². The molecule has 0 aliphatic heterocycles. The molecule has 5 nitrogen and oxygen atoms in total. The predicted molar refractivity (Wildman–Crippen MR) is 65.1 cm³/mol. The van der Waals surface area contributed by atoms with Gasteiger partial charge in [-0.15, -0.1) is 0 Å². The summed E-state index contributed by atoms with van der Waals surface area (Å²) in [6.07, 6.45) is 4.73. The first-order chi connectivity index (χ1) is 8.06. The van der Waals surface area contributed by atoms with Gasteiger partial charge in [0.2, 0.25) is 0 Å². The third-order valence-corrected chi connectivity index (χ3v) is 2.51. The van der Waals surface area contributed by atoms with Gasteiger partial charge in [0.05, 0.1) is 22.5 Å². The summed E-state index contributed by atoms with van der Waals surface area (Å²) in [5.74, 6) is -0.296. The molecule has 0 unspecified atom stereocenters. The van der Waals surface area contributed by atoms with Crippen LogP contribution in [0.2, 0.25) is 5.02 Å². The Balaban J connectivity index is 2.20. The molecular weight excluding hydrogens is 240 g/mol. The number of carbonyl (C=O) groups is 1. The number of aromatic nitrogens is 3. The van der Waals surface area contributed by atoms with Crippen LogP contribution in [-0.4, -0.2) is 20.7 Å². The number of anilines is 1. The zero-order valence-corrected chi connectivity index (χ0v) is 10.2. The first-order valence-electron chi connectivity index (χ1n) is 4.98. The van der Waals surface area contributed by atoms with Crippen molar-refractivity contribution in [3.8, 4) is 0 Å². The Morgan fingerprint density at radius 2 is 2.24 bits per heavy atom. The van der Waals surface area contributed by atoms with Crippen LogP contribution in [0.3, 0.4) is 0 Å². The van der Waals surface area contributed by atoms with E-state index in [1.165, 1.54) is 6.20 Å². The maximum absolute atomic E-state index is 11.9. The van der Waals surface area contributed by atoms with E-state index in [4.69, 9.17) is 11.6 Å². The second-order valence-electron chi connectivity index (χ2n) is 3.66. The topological polar surface area (TPSA) is 59.8 Å². The SMILES string of the molecule is Cc1cc(Cl)c(C(=O)Nc2cnn(C)c2)cn1. The number of carbonyl (C=O) groups excluding carboxylic acids is 1. The summed E-state index contributed by atoms with van der Waals surface area (Å²) in [5, 5.41) is 7.03. The minimum atomic E-state index is -0.296. The van der Waals surface area contributed by atoms with Gasteiger partial charge in [-0.3, -0.25) is 14.5 Å². The van der Waals surface area contributed by atoms with Crippen LogP contribution in [0.15, 0.2) is 24.7 Å². The highest BCUT2D eigenvalue weighted by Crippen LogP contribution is 2.17. The summed E-state index contributed by atoms with van der Waals surface area (Å²) in [6, 6.07) is 1.65. The van der Waals surface area contributed by atoms with Crippen molar-refractivity contribution in [2.24, 2.45) is 7.05 Å². The summed E-state index contributed by atoms with van der Waals surface area (Å²) < 4.78 is 1.60. The number of halogens is 1. The van der Waals surface area contributed by atoms with Gasteiger partial charge >= 0.3 is 0 Å². The highest BCUT2D eigenvalue weighted by atomic mass is 35.5. The molecule has 1 amide bonds. The molecule has 6 heteroatoms. The monoisotopic (exact) mass is 250 g/mol. The molecule has 88 valence electrons. The molecule has 0 aliphatic carbocycles. The standard InChI is InChI=1S/C11H11ClN4O/c1-7-3-10(12)9(5-13-7)11(17)15-8-4-14-16(2)6-8/h3-6H,1-2H3,(H,15,17). The number of hydrogen-bond donors (Lipinski definition) is 1. The normalized spacial score (nSPS) is 10.3. The lowest BCUT2D eigenvalue weighted by Gasteiger charge is -2.04. The van der Waals surface area contributed by atoms with Gasteiger partial charge in [-0.05, 0) is 13.0 Å². The van der Waals surface area contributed by atoms with Crippen LogP contribution in [0.1, 0.15) is 16.1 Å². The third kappa shape index (κ3) is 2.62. The fraction of sp³-hybridized carbons (Fsp3) is 0.182. The molecule has 0 saturated carbocycles. The number of amides is 1. The number of nitrogens with zero attached hydrogens (tertiary/aromatic N) is 3. The van der Waals surface area contributed by atoms with E-state index in [0.717, 1.165) is 5.69 Å². The lowest BCUT2D eigenvalue weighted by atomic mass is 10.2. The Labute approximate surface area is 103 Å². The molecular formula is C11H11ClN4O. The Morgan fingerprint density at radius 1 is 1.47 bits per heavy atom. The van der Waals surface area contributed by atoms with E-state index in [-0.39, 0.29) is 5.91 Å². The molecule has 17 heavy (non-hydrogen) atoms. The molecule has 2 rings (SSSR count). The van der Waals surface area contributed by atoms with Crippen LogP contribution in [0.25, 0.3) is 0 Å². The molecule has 2 heterocycles. The third-order valence-electron chi connectivity index (χ3n) is 2.20. The summed E-state index contributed by atoms with van der Waals surface area (Å²) >= 11 is 5.97. The van der Waals surface area contributed by atoms with Gasteiger partial charge in [0.1, 0.15) is 0 Å². The van der Waals surface area contributed by atoms with E-state index >= 15 is 0 Å². The molecule has 0 fully saturated rings. The number of nitrogens with one attached hydrogen (secondary N) is 1. The van der Waals surface area contributed by atoms with E-state index in [9.17, 15) is 4.79 Å². The van der Waals surface area contributed by atoms with Gasteiger partial charge < -0.3 is 5.32 Å². The van der Waals surface area contributed by atoms with Crippen LogP contribution in [0, 0.1) is 6.92 Å². The average molecular weight is 251 g/mol. The molecule has 0 spiro atoms. The first kappa shape index (κ1) is 11.6. The van der Waals surface area contributed by atoms with Crippen molar-refractivity contribution in [2.45, 2.75) is 6.92 Å². The maximum Gasteiger partial charge on any atom is 0.258 e. The van der Waals surface area contributed by atoms with E-state index < -0.39 is 0 Å². The molecule has 1 N–H and O–H groups in total. The van der Waals surface area contributed by atoms with Crippen molar-refractivity contribution in [1.82, 2.24) is 14.8 Å². The number of pyridine rings is 1. The van der Waals surface area contributed by atoms with Gasteiger partial charge in [0, 0.05) is 25.1 Å². The molecule has 0 aliphatic rings. The van der Waals surface area contributed by atoms with E-state index in [2.05, 4.69) is 15.4 Å². The number of aryl methyl sites for hydroxylation is 2. The number of hydrogen-bond acceptors (Lipinski definition) is 3. The smallest absolute Gasteiger partial charge is 0.258 e. The lowest BCUT2D eigenvalue weighted by Crippen LogP contribution is -2.12. The van der Waals surface area contributed by atoms with Crippen molar-refractivity contribution < 1.29 is 4.79 Å².